The van der Waals surface area contributed by atoms with E-state index in [1.165, 1.54) is 0 Å². The molecular formula is C15H25BrN2O. The molecule has 0 aliphatic rings. The van der Waals surface area contributed by atoms with Crippen molar-refractivity contribution in [1.29, 1.82) is 0 Å². The van der Waals surface area contributed by atoms with E-state index in [2.05, 4.69) is 41.6 Å². The predicted molar refractivity (Wildman–Crippen MR) is 84.6 cm³/mol. The van der Waals surface area contributed by atoms with Crippen molar-refractivity contribution in [3.8, 4) is 5.75 Å². The summed E-state index contributed by atoms with van der Waals surface area (Å²) in [6, 6.07) is 7.93. The Hall–Kier alpha value is -0.580. The monoisotopic (exact) mass is 328 g/mol. The number of nitrogens with zero attached hydrogens (tertiary/aromatic N) is 1. The van der Waals surface area contributed by atoms with E-state index in [1.807, 2.05) is 24.3 Å². The molecule has 0 amide bonds. The summed E-state index contributed by atoms with van der Waals surface area (Å²) in [6.45, 7) is 10.9. The molecule has 0 aromatic heterocycles. The number of hydrogen-bond donors (Lipinski definition) is 1. The van der Waals surface area contributed by atoms with E-state index in [0.717, 1.165) is 29.9 Å². The molecule has 108 valence electrons. The molecule has 4 heteroatoms. The number of halogens is 1. The van der Waals surface area contributed by atoms with Crippen LogP contribution in [0.4, 0.5) is 0 Å². The van der Waals surface area contributed by atoms with Crippen molar-refractivity contribution >= 4 is 15.9 Å². The Morgan fingerprint density at radius 2 is 1.89 bits per heavy atom. The molecule has 0 spiro atoms. The van der Waals surface area contributed by atoms with E-state index < -0.39 is 0 Å². The van der Waals surface area contributed by atoms with Crippen molar-refractivity contribution in [2.45, 2.75) is 20.8 Å². The van der Waals surface area contributed by atoms with Crippen LogP contribution in [0.3, 0.4) is 0 Å². The second-order valence-electron chi connectivity index (χ2n) is 5.54. The molecule has 0 aliphatic heterocycles. The second kappa shape index (κ2) is 7.88. The van der Waals surface area contributed by atoms with E-state index in [4.69, 9.17) is 10.5 Å². The molecular weight excluding hydrogens is 304 g/mol. The molecule has 1 aromatic carbocycles. The normalized spacial score (nSPS) is 11.9. The van der Waals surface area contributed by atoms with Crippen LogP contribution in [0, 0.1) is 5.41 Å². The van der Waals surface area contributed by atoms with E-state index in [-0.39, 0.29) is 5.41 Å². The SMILES string of the molecule is CCN(CCOc1ccc(Br)cc1)CC(C)(C)CN. The Balaban J connectivity index is 2.35. The average Bonchev–Trinajstić information content (AvgIpc) is 2.39. The first kappa shape index (κ1) is 16.5. The summed E-state index contributed by atoms with van der Waals surface area (Å²) >= 11 is 3.41. The molecule has 0 aliphatic carbocycles. The van der Waals surface area contributed by atoms with Crippen molar-refractivity contribution in [1.82, 2.24) is 4.90 Å². The van der Waals surface area contributed by atoms with Crippen LogP contribution in [0.1, 0.15) is 20.8 Å². The highest BCUT2D eigenvalue weighted by atomic mass is 79.9. The summed E-state index contributed by atoms with van der Waals surface area (Å²) in [5.74, 6) is 0.914. The number of ether oxygens (including phenoxy) is 1. The van der Waals surface area contributed by atoms with Crippen molar-refractivity contribution in [2.24, 2.45) is 11.1 Å². The summed E-state index contributed by atoms with van der Waals surface area (Å²) in [7, 11) is 0. The van der Waals surface area contributed by atoms with Crippen molar-refractivity contribution in [3.63, 3.8) is 0 Å². The maximum Gasteiger partial charge on any atom is 0.119 e. The molecule has 0 saturated carbocycles. The predicted octanol–water partition coefficient (Wildman–Crippen LogP) is 3.13. The van der Waals surface area contributed by atoms with Crippen molar-refractivity contribution < 1.29 is 4.74 Å². The van der Waals surface area contributed by atoms with Crippen molar-refractivity contribution in [2.75, 3.05) is 32.8 Å². The molecule has 0 saturated heterocycles. The minimum Gasteiger partial charge on any atom is -0.492 e. The van der Waals surface area contributed by atoms with Gasteiger partial charge in [-0.15, -0.1) is 0 Å². The van der Waals surface area contributed by atoms with Crippen LogP contribution in [0.5, 0.6) is 5.75 Å². The van der Waals surface area contributed by atoms with Crippen LogP contribution in [-0.2, 0) is 0 Å². The van der Waals surface area contributed by atoms with E-state index in [1.54, 1.807) is 0 Å². The smallest absolute Gasteiger partial charge is 0.119 e. The first-order valence-electron chi connectivity index (χ1n) is 6.77. The Morgan fingerprint density at radius 3 is 2.42 bits per heavy atom. The first-order valence-corrected chi connectivity index (χ1v) is 7.57. The number of benzene rings is 1. The number of nitrogens with two attached hydrogens (primary N) is 1. The van der Waals surface area contributed by atoms with Gasteiger partial charge in [-0.3, -0.25) is 4.90 Å². The molecule has 2 N–H and O–H groups in total. The van der Waals surface area contributed by atoms with Gasteiger partial charge >= 0.3 is 0 Å². The van der Waals surface area contributed by atoms with Gasteiger partial charge in [0.05, 0.1) is 0 Å². The lowest BCUT2D eigenvalue weighted by molar-refractivity contribution is 0.160. The van der Waals surface area contributed by atoms with Gasteiger partial charge in [-0.25, -0.2) is 0 Å². The Labute approximate surface area is 125 Å². The Kier molecular flexibility index (Phi) is 6.83. The second-order valence-corrected chi connectivity index (χ2v) is 6.46. The lowest BCUT2D eigenvalue weighted by Crippen LogP contribution is -2.40. The summed E-state index contributed by atoms with van der Waals surface area (Å²) < 4.78 is 6.82. The number of likely N-dealkylation sites (N-methyl/N-ethyl adjacent to an activating group) is 1. The zero-order valence-electron chi connectivity index (χ0n) is 12.2. The van der Waals surface area contributed by atoms with E-state index in [0.29, 0.717) is 13.2 Å². The van der Waals surface area contributed by atoms with Crippen LogP contribution in [0.2, 0.25) is 0 Å². The van der Waals surface area contributed by atoms with Gasteiger partial charge < -0.3 is 10.5 Å². The quantitative estimate of drug-likeness (QED) is 0.796. The minimum absolute atomic E-state index is 0.160. The lowest BCUT2D eigenvalue weighted by Gasteiger charge is -2.30. The topological polar surface area (TPSA) is 38.5 Å². The van der Waals surface area contributed by atoms with Gasteiger partial charge in [0, 0.05) is 17.6 Å². The third-order valence-corrected chi connectivity index (χ3v) is 3.67. The Bertz CT molecular complexity index is 365. The molecule has 0 fully saturated rings. The first-order chi connectivity index (χ1) is 8.96. The van der Waals surface area contributed by atoms with Gasteiger partial charge in [-0.1, -0.05) is 36.7 Å². The van der Waals surface area contributed by atoms with E-state index >= 15 is 0 Å². The van der Waals surface area contributed by atoms with Gasteiger partial charge in [-0.2, -0.15) is 0 Å². The van der Waals surface area contributed by atoms with Crippen LogP contribution < -0.4 is 10.5 Å². The minimum atomic E-state index is 0.160. The molecule has 3 nitrogen and oxygen atoms in total. The Morgan fingerprint density at radius 1 is 1.26 bits per heavy atom. The third kappa shape index (κ3) is 6.41. The van der Waals surface area contributed by atoms with Crippen molar-refractivity contribution in [3.05, 3.63) is 28.7 Å². The molecule has 19 heavy (non-hydrogen) atoms. The van der Waals surface area contributed by atoms with Gasteiger partial charge in [0.2, 0.25) is 0 Å². The third-order valence-electron chi connectivity index (χ3n) is 3.14. The number of hydrogen-bond acceptors (Lipinski definition) is 3. The molecule has 0 bridgehead atoms. The molecule has 1 aromatic rings. The van der Waals surface area contributed by atoms with Gasteiger partial charge in [-0.05, 0) is 42.8 Å². The van der Waals surface area contributed by atoms with Crippen LogP contribution in [-0.4, -0.2) is 37.7 Å². The summed E-state index contributed by atoms with van der Waals surface area (Å²) in [6.07, 6.45) is 0. The summed E-state index contributed by atoms with van der Waals surface area (Å²) in [4.78, 5) is 2.38. The summed E-state index contributed by atoms with van der Waals surface area (Å²) in [5.41, 5.74) is 5.94. The zero-order chi connectivity index (χ0) is 14.3. The standard InChI is InChI=1S/C15H25BrN2O/c1-4-18(12-15(2,3)11-17)9-10-19-14-7-5-13(16)6-8-14/h5-8H,4,9-12,17H2,1-3H3. The zero-order valence-corrected chi connectivity index (χ0v) is 13.7. The molecule has 0 radical (unpaired) electrons. The highest BCUT2D eigenvalue weighted by Crippen LogP contribution is 2.17. The molecule has 1 rings (SSSR count). The number of rotatable bonds is 8. The van der Waals surface area contributed by atoms with Crippen LogP contribution in [0.25, 0.3) is 0 Å². The highest BCUT2D eigenvalue weighted by Gasteiger charge is 2.19. The average molecular weight is 329 g/mol. The highest BCUT2D eigenvalue weighted by molar-refractivity contribution is 9.10. The molecule has 0 atom stereocenters. The largest absolute Gasteiger partial charge is 0.492 e. The van der Waals surface area contributed by atoms with E-state index in [9.17, 15) is 0 Å². The van der Waals surface area contributed by atoms with Gasteiger partial charge in [0.1, 0.15) is 12.4 Å². The maximum atomic E-state index is 5.78. The van der Waals surface area contributed by atoms with Gasteiger partial charge in [0.25, 0.3) is 0 Å². The summed E-state index contributed by atoms with van der Waals surface area (Å²) in [5, 5.41) is 0. The van der Waals surface area contributed by atoms with Crippen LogP contribution in [0.15, 0.2) is 28.7 Å². The molecule has 0 heterocycles. The van der Waals surface area contributed by atoms with Gasteiger partial charge in [0.15, 0.2) is 0 Å². The molecule has 0 unspecified atom stereocenters. The lowest BCUT2D eigenvalue weighted by atomic mass is 9.93. The maximum absolute atomic E-state index is 5.78. The fraction of sp³-hybridized carbons (Fsp3) is 0.600. The van der Waals surface area contributed by atoms with Crippen LogP contribution >= 0.6 is 15.9 Å². The fourth-order valence-electron chi connectivity index (χ4n) is 1.84. The fourth-order valence-corrected chi connectivity index (χ4v) is 2.11.